The lowest BCUT2D eigenvalue weighted by molar-refractivity contribution is 0.461. The summed E-state index contributed by atoms with van der Waals surface area (Å²) in [6.07, 6.45) is 3.57. The van der Waals surface area contributed by atoms with Crippen LogP contribution >= 0.6 is 0 Å². The van der Waals surface area contributed by atoms with Crippen LogP contribution in [-0.2, 0) is 19.5 Å². The number of hydrogen-bond donors (Lipinski definition) is 1. The molecule has 0 saturated heterocycles. The first-order valence-corrected chi connectivity index (χ1v) is 5.56. The van der Waals surface area contributed by atoms with Gasteiger partial charge in [-0.05, 0) is 18.8 Å². The molecule has 0 radical (unpaired) electrons. The lowest BCUT2D eigenvalue weighted by Gasteiger charge is -2.23. The number of rotatable bonds is 2. The minimum absolute atomic E-state index is 0.583. The summed E-state index contributed by atoms with van der Waals surface area (Å²) in [6, 6.07) is 0. The van der Waals surface area contributed by atoms with Crippen molar-refractivity contribution in [2.45, 2.75) is 52.1 Å². The Hall–Kier alpha value is -0.830. The molecule has 1 aromatic rings. The Morgan fingerprint density at radius 1 is 1.57 bits per heavy atom. The van der Waals surface area contributed by atoms with Crippen molar-refractivity contribution >= 4 is 0 Å². The third kappa shape index (κ3) is 1.36. The summed E-state index contributed by atoms with van der Waals surface area (Å²) >= 11 is 0. The van der Waals surface area contributed by atoms with E-state index in [-0.39, 0.29) is 0 Å². The number of nitrogens with two attached hydrogens (primary N) is 1. The van der Waals surface area contributed by atoms with Gasteiger partial charge in [-0.1, -0.05) is 13.8 Å². The summed E-state index contributed by atoms with van der Waals surface area (Å²) in [4.78, 5) is 4.62. The van der Waals surface area contributed by atoms with Crippen LogP contribution in [0.1, 0.15) is 49.8 Å². The van der Waals surface area contributed by atoms with Gasteiger partial charge in [0.15, 0.2) is 0 Å². The van der Waals surface area contributed by atoms with E-state index in [9.17, 15) is 0 Å². The molecule has 1 unspecified atom stereocenters. The first-order valence-electron chi connectivity index (χ1n) is 5.56. The van der Waals surface area contributed by atoms with Gasteiger partial charge >= 0.3 is 0 Å². The minimum atomic E-state index is 0.583. The Bertz CT molecular complexity index is 328. The van der Waals surface area contributed by atoms with E-state index in [0.29, 0.717) is 12.5 Å². The number of aromatic nitrogens is 2. The summed E-state index contributed by atoms with van der Waals surface area (Å²) in [7, 11) is 0. The van der Waals surface area contributed by atoms with Crippen molar-refractivity contribution in [1.29, 1.82) is 0 Å². The highest BCUT2D eigenvalue weighted by Crippen LogP contribution is 2.30. The fraction of sp³-hybridized carbons (Fsp3) is 0.727. The number of hydrogen-bond acceptors (Lipinski definition) is 2. The summed E-state index contributed by atoms with van der Waals surface area (Å²) < 4.78 is 2.39. The largest absolute Gasteiger partial charge is 0.331 e. The molecule has 0 bridgehead atoms. The molecule has 0 aliphatic carbocycles. The maximum Gasteiger partial charge on any atom is 0.108 e. The molecule has 3 heteroatoms. The first kappa shape index (κ1) is 9.71. The molecule has 14 heavy (non-hydrogen) atoms. The Labute approximate surface area is 85.3 Å². The molecule has 1 atom stereocenters. The third-order valence-electron chi connectivity index (χ3n) is 3.16. The van der Waals surface area contributed by atoms with Crippen molar-refractivity contribution in [1.82, 2.24) is 9.55 Å². The van der Waals surface area contributed by atoms with Gasteiger partial charge in [-0.3, -0.25) is 0 Å². The molecule has 0 saturated carbocycles. The summed E-state index contributed by atoms with van der Waals surface area (Å²) in [5.41, 5.74) is 8.25. The normalized spacial score (nSPS) is 20.9. The summed E-state index contributed by atoms with van der Waals surface area (Å²) in [5, 5.41) is 0. The van der Waals surface area contributed by atoms with Crippen LogP contribution in [0.2, 0.25) is 0 Å². The van der Waals surface area contributed by atoms with Crippen molar-refractivity contribution in [2.75, 3.05) is 0 Å². The smallest absolute Gasteiger partial charge is 0.108 e. The molecule has 2 N–H and O–H groups in total. The molecule has 1 aliphatic heterocycles. The molecule has 3 nitrogen and oxygen atoms in total. The van der Waals surface area contributed by atoms with Crippen molar-refractivity contribution < 1.29 is 0 Å². The number of nitrogens with zero attached hydrogens (tertiary/aromatic N) is 2. The van der Waals surface area contributed by atoms with Gasteiger partial charge in [-0.15, -0.1) is 0 Å². The predicted molar refractivity (Wildman–Crippen MR) is 57.1 cm³/mol. The maximum atomic E-state index is 5.73. The van der Waals surface area contributed by atoms with Gasteiger partial charge in [0.25, 0.3) is 0 Å². The van der Waals surface area contributed by atoms with E-state index in [1.54, 1.807) is 0 Å². The van der Waals surface area contributed by atoms with Crippen LogP contribution in [0.15, 0.2) is 0 Å². The van der Waals surface area contributed by atoms with Gasteiger partial charge in [-0.2, -0.15) is 0 Å². The van der Waals surface area contributed by atoms with E-state index in [1.165, 1.54) is 24.4 Å². The van der Waals surface area contributed by atoms with Crippen LogP contribution in [0, 0.1) is 0 Å². The molecule has 0 amide bonds. The maximum absolute atomic E-state index is 5.73. The monoisotopic (exact) mass is 193 g/mol. The van der Waals surface area contributed by atoms with E-state index >= 15 is 0 Å². The highest BCUT2D eigenvalue weighted by molar-refractivity contribution is 5.22. The summed E-state index contributed by atoms with van der Waals surface area (Å²) in [5.74, 6) is 1.85. The quantitative estimate of drug-likeness (QED) is 0.778. The average molecular weight is 193 g/mol. The Morgan fingerprint density at radius 2 is 2.36 bits per heavy atom. The van der Waals surface area contributed by atoms with Crippen molar-refractivity contribution in [3.63, 3.8) is 0 Å². The van der Waals surface area contributed by atoms with Gasteiger partial charge in [-0.25, -0.2) is 4.98 Å². The van der Waals surface area contributed by atoms with Gasteiger partial charge in [0, 0.05) is 25.2 Å². The molecule has 2 heterocycles. The fourth-order valence-corrected chi connectivity index (χ4v) is 2.48. The summed E-state index contributed by atoms with van der Waals surface area (Å²) in [6.45, 7) is 6.16. The van der Waals surface area contributed by atoms with Crippen LogP contribution in [0.4, 0.5) is 0 Å². The molecular formula is C11H19N3. The Balaban J connectivity index is 2.50. The van der Waals surface area contributed by atoms with Crippen molar-refractivity contribution in [3.8, 4) is 0 Å². The van der Waals surface area contributed by atoms with E-state index < -0.39 is 0 Å². The molecule has 0 fully saturated rings. The van der Waals surface area contributed by atoms with Crippen LogP contribution < -0.4 is 5.73 Å². The lowest BCUT2D eigenvalue weighted by Crippen LogP contribution is -2.16. The predicted octanol–water partition coefficient (Wildman–Crippen LogP) is 1.80. The molecular weight excluding hydrogens is 174 g/mol. The molecule has 0 aromatic carbocycles. The standard InChI is InChI=1S/C11H19N3/c1-3-10-13-9(7-12)11-8(2)5-4-6-14(10)11/h8H,3-7,12H2,1-2H3. The van der Waals surface area contributed by atoms with Gasteiger partial charge < -0.3 is 10.3 Å². The van der Waals surface area contributed by atoms with Crippen molar-refractivity contribution in [2.24, 2.45) is 5.73 Å². The first-order chi connectivity index (χ1) is 6.77. The number of imidazole rings is 1. The van der Waals surface area contributed by atoms with E-state index in [1.807, 2.05) is 0 Å². The molecule has 2 rings (SSSR count). The topological polar surface area (TPSA) is 43.8 Å². The molecule has 1 aliphatic rings. The number of fused-ring (bicyclic) bond motifs is 1. The van der Waals surface area contributed by atoms with Crippen LogP contribution in [0.5, 0.6) is 0 Å². The second-order valence-electron chi connectivity index (χ2n) is 4.11. The third-order valence-corrected chi connectivity index (χ3v) is 3.16. The second kappa shape index (κ2) is 3.73. The highest BCUT2D eigenvalue weighted by Gasteiger charge is 2.23. The highest BCUT2D eigenvalue weighted by atomic mass is 15.1. The number of aryl methyl sites for hydroxylation is 1. The van der Waals surface area contributed by atoms with E-state index in [4.69, 9.17) is 5.73 Å². The van der Waals surface area contributed by atoms with Crippen molar-refractivity contribution in [3.05, 3.63) is 17.2 Å². The second-order valence-corrected chi connectivity index (χ2v) is 4.11. The van der Waals surface area contributed by atoms with Gasteiger partial charge in [0.1, 0.15) is 5.82 Å². The van der Waals surface area contributed by atoms with E-state index in [0.717, 1.165) is 18.7 Å². The van der Waals surface area contributed by atoms with E-state index in [2.05, 4.69) is 23.4 Å². The van der Waals surface area contributed by atoms with Gasteiger partial charge in [0.2, 0.25) is 0 Å². The average Bonchev–Trinajstić information content (AvgIpc) is 2.57. The Morgan fingerprint density at radius 3 is 3.00 bits per heavy atom. The zero-order chi connectivity index (χ0) is 10.1. The van der Waals surface area contributed by atoms with Crippen LogP contribution in [-0.4, -0.2) is 9.55 Å². The molecule has 1 aromatic heterocycles. The van der Waals surface area contributed by atoms with Crippen LogP contribution in [0.25, 0.3) is 0 Å². The lowest BCUT2D eigenvalue weighted by atomic mass is 9.96. The minimum Gasteiger partial charge on any atom is -0.331 e. The Kier molecular flexibility index (Phi) is 2.59. The molecule has 0 spiro atoms. The fourth-order valence-electron chi connectivity index (χ4n) is 2.48. The SMILES string of the molecule is CCc1nc(CN)c2n1CCCC2C. The van der Waals surface area contributed by atoms with Gasteiger partial charge in [0.05, 0.1) is 5.69 Å². The zero-order valence-corrected chi connectivity index (χ0v) is 9.08. The molecule has 78 valence electrons. The van der Waals surface area contributed by atoms with Crippen LogP contribution in [0.3, 0.4) is 0 Å². The zero-order valence-electron chi connectivity index (χ0n) is 9.08.